The Morgan fingerprint density at radius 1 is 1.45 bits per heavy atom. The number of aromatic nitrogens is 2. The van der Waals surface area contributed by atoms with Crippen LogP contribution in [0, 0.1) is 19.8 Å². The van der Waals surface area contributed by atoms with E-state index in [2.05, 4.69) is 15.5 Å². The fourth-order valence-electron chi connectivity index (χ4n) is 3.35. The van der Waals surface area contributed by atoms with Crippen LogP contribution in [-0.4, -0.2) is 46.0 Å². The van der Waals surface area contributed by atoms with Gasteiger partial charge in [-0.15, -0.1) is 0 Å². The Morgan fingerprint density at radius 2 is 2.25 bits per heavy atom. The summed E-state index contributed by atoms with van der Waals surface area (Å²) >= 11 is 0. The third-order valence-corrected chi connectivity index (χ3v) is 4.53. The molecule has 6 nitrogen and oxygen atoms in total. The average Bonchev–Trinajstić information content (AvgIpc) is 2.96. The molecular formula is C14H20N4O2. The summed E-state index contributed by atoms with van der Waals surface area (Å²) < 4.78 is 0. The Morgan fingerprint density at radius 3 is 2.95 bits per heavy atom. The molecule has 0 bridgehead atoms. The number of piperidine rings is 1. The number of rotatable bonds is 2. The number of H-pyrrole nitrogens is 1. The molecule has 0 aromatic carbocycles. The van der Waals surface area contributed by atoms with E-state index in [4.69, 9.17) is 0 Å². The van der Waals surface area contributed by atoms with Crippen molar-refractivity contribution in [2.45, 2.75) is 39.2 Å². The molecule has 6 heteroatoms. The molecule has 108 valence electrons. The van der Waals surface area contributed by atoms with Gasteiger partial charge in [-0.25, -0.2) is 0 Å². The molecule has 0 unspecified atom stereocenters. The van der Waals surface area contributed by atoms with E-state index in [1.807, 2.05) is 18.7 Å². The second kappa shape index (κ2) is 4.92. The Labute approximate surface area is 117 Å². The van der Waals surface area contributed by atoms with Crippen LogP contribution in [0.2, 0.25) is 0 Å². The highest BCUT2D eigenvalue weighted by Gasteiger charge is 2.42. The smallest absolute Gasteiger partial charge is 0.227 e. The van der Waals surface area contributed by atoms with Crippen molar-refractivity contribution in [3.05, 3.63) is 17.0 Å². The van der Waals surface area contributed by atoms with E-state index < -0.39 is 0 Å². The topological polar surface area (TPSA) is 78.1 Å². The van der Waals surface area contributed by atoms with Crippen LogP contribution in [0.15, 0.2) is 0 Å². The summed E-state index contributed by atoms with van der Waals surface area (Å²) in [6.07, 6.45) is 2.17. The number of carbonyl (C=O) groups is 2. The molecule has 2 N–H and O–H groups in total. The molecular weight excluding hydrogens is 256 g/mol. The molecule has 0 spiro atoms. The number of amides is 2. The number of aromatic amines is 1. The molecule has 1 aromatic rings. The van der Waals surface area contributed by atoms with E-state index in [1.165, 1.54) is 0 Å². The molecule has 3 heterocycles. The normalized spacial score (nSPS) is 25.5. The fourth-order valence-corrected chi connectivity index (χ4v) is 3.35. The van der Waals surface area contributed by atoms with E-state index >= 15 is 0 Å². The summed E-state index contributed by atoms with van der Waals surface area (Å²) in [4.78, 5) is 26.2. The lowest BCUT2D eigenvalue weighted by Crippen LogP contribution is -2.49. The Hall–Kier alpha value is -1.85. The zero-order chi connectivity index (χ0) is 14.3. The molecule has 2 atom stereocenters. The van der Waals surface area contributed by atoms with Crippen molar-refractivity contribution >= 4 is 11.8 Å². The Balaban J connectivity index is 1.75. The van der Waals surface area contributed by atoms with Crippen molar-refractivity contribution in [3.63, 3.8) is 0 Å². The molecule has 2 aliphatic rings. The summed E-state index contributed by atoms with van der Waals surface area (Å²) in [6.45, 7) is 5.19. The van der Waals surface area contributed by atoms with Gasteiger partial charge in [0, 0.05) is 24.3 Å². The van der Waals surface area contributed by atoms with E-state index in [-0.39, 0.29) is 23.8 Å². The summed E-state index contributed by atoms with van der Waals surface area (Å²) in [5, 5.41) is 9.92. The minimum absolute atomic E-state index is 0.0146. The van der Waals surface area contributed by atoms with E-state index in [0.29, 0.717) is 13.0 Å². The zero-order valence-electron chi connectivity index (χ0n) is 11.9. The number of aryl methyl sites for hydroxylation is 2. The van der Waals surface area contributed by atoms with Crippen LogP contribution in [0.25, 0.3) is 0 Å². The number of likely N-dealkylation sites (tertiary alicyclic amines) is 1. The van der Waals surface area contributed by atoms with E-state index in [1.54, 1.807) is 0 Å². The molecule has 2 aliphatic heterocycles. The highest BCUT2D eigenvalue weighted by atomic mass is 16.2. The van der Waals surface area contributed by atoms with Crippen LogP contribution < -0.4 is 5.32 Å². The highest BCUT2D eigenvalue weighted by molar-refractivity contribution is 5.85. The minimum Gasteiger partial charge on any atom is -0.354 e. The lowest BCUT2D eigenvalue weighted by Gasteiger charge is -2.36. The zero-order valence-corrected chi connectivity index (χ0v) is 11.9. The number of nitrogens with zero attached hydrogens (tertiary/aromatic N) is 2. The number of hydrogen-bond acceptors (Lipinski definition) is 3. The summed E-state index contributed by atoms with van der Waals surface area (Å²) in [5.74, 6) is 0.186. The second-order valence-corrected chi connectivity index (χ2v) is 5.74. The van der Waals surface area contributed by atoms with Crippen LogP contribution in [0.3, 0.4) is 0 Å². The molecule has 0 saturated carbocycles. The van der Waals surface area contributed by atoms with Crippen LogP contribution in [0.1, 0.15) is 29.8 Å². The van der Waals surface area contributed by atoms with Crippen LogP contribution in [0.5, 0.6) is 0 Å². The van der Waals surface area contributed by atoms with Crippen LogP contribution in [0.4, 0.5) is 0 Å². The summed E-state index contributed by atoms with van der Waals surface area (Å²) in [7, 11) is 0. The van der Waals surface area contributed by atoms with Gasteiger partial charge >= 0.3 is 0 Å². The Kier molecular flexibility index (Phi) is 3.23. The average molecular weight is 276 g/mol. The first-order chi connectivity index (χ1) is 9.58. The molecule has 0 aliphatic carbocycles. The van der Waals surface area contributed by atoms with Gasteiger partial charge in [-0.1, -0.05) is 0 Å². The number of nitrogens with one attached hydrogen (secondary N) is 2. The molecule has 2 amide bonds. The first-order valence-corrected chi connectivity index (χ1v) is 7.15. The molecule has 3 rings (SSSR count). The Bertz CT molecular complexity index is 532. The predicted molar refractivity (Wildman–Crippen MR) is 73.0 cm³/mol. The third-order valence-electron chi connectivity index (χ3n) is 4.53. The number of carbonyl (C=O) groups excluding carboxylic acids is 2. The largest absolute Gasteiger partial charge is 0.354 e. The van der Waals surface area contributed by atoms with Gasteiger partial charge in [-0.2, -0.15) is 5.10 Å². The molecule has 1 aromatic heterocycles. The van der Waals surface area contributed by atoms with Crippen molar-refractivity contribution < 1.29 is 9.59 Å². The van der Waals surface area contributed by atoms with Crippen molar-refractivity contribution in [2.24, 2.45) is 5.92 Å². The number of fused-ring (bicyclic) bond motifs is 1. The van der Waals surface area contributed by atoms with Gasteiger partial charge in [0.05, 0.1) is 24.1 Å². The maximum absolute atomic E-state index is 12.6. The maximum atomic E-state index is 12.6. The lowest BCUT2D eigenvalue weighted by atomic mass is 9.91. The van der Waals surface area contributed by atoms with Gasteiger partial charge in [-0.05, 0) is 26.7 Å². The minimum atomic E-state index is -0.0146. The van der Waals surface area contributed by atoms with Gasteiger partial charge in [0.15, 0.2) is 0 Å². The summed E-state index contributed by atoms with van der Waals surface area (Å²) in [6, 6.07) is 0.0382. The third kappa shape index (κ3) is 2.09. The fraction of sp³-hybridized carbons (Fsp3) is 0.643. The van der Waals surface area contributed by atoms with Crippen molar-refractivity contribution in [3.8, 4) is 0 Å². The van der Waals surface area contributed by atoms with E-state index in [9.17, 15) is 9.59 Å². The summed E-state index contributed by atoms with van der Waals surface area (Å²) in [5.41, 5.74) is 2.81. The second-order valence-electron chi connectivity index (χ2n) is 5.74. The lowest BCUT2D eigenvalue weighted by molar-refractivity contribution is -0.136. The van der Waals surface area contributed by atoms with Gasteiger partial charge in [0.1, 0.15) is 0 Å². The number of hydrogen-bond donors (Lipinski definition) is 2. The van der Waals surface area contributed by atoms with Gasteiger partial charge in [0.25, 0.3) is 0 Å². The molecule has 0 radical (unpaired) electrons. The van der Waals surface area contributed by atoms with Crippen LogP contribution in [-0.2, 0) is 16.0 Å². The van der Waals surface area contributed by atoms with Gasteiger partial charge in [0.2, 0.25) is 11.8 Å². The molecule has 2 fully saturated rings. The monoisotopic (exact) mass is 276 g/mol. The standard InChI is InChI=1S/C14H20N4O2/c1-8-11(9(2)17-16-8)6-13(19)18-5-3-4-10-12(18)7-15-14(10)20/h10,12H,3-7H2,1-2H3,(H,15,20)(H,16,17)/t10-,12-/m1/s1. The van der Waals surface area contributed by atoms with Crippen molar-refractivity contribution in [2.75, 3.05) is 13.1 Å². The predicted octanol–water partition coefficient (Wildman–Crippen LogP) is 0.306. The quantitative estimate of drug-likeness (QED) is 0.816. The van der Waals surface area contributed by atoms with Crippen molar-refractivity contribution in [1.29, 1.82) is 0 Å². The SMILES string of the molecule is Cc1n[nH]c(C)c1CC(=O)N1CCC[C@H]2C(=O)NC[C@H]21. The maximum Gasteiger partial charge on any atom is 0.227 e. The van der Waals surface area contributed by atoms with Gasteiger partial charge in [-0.3, -0.25) is 14.7 Å². The van der Waals surface area contributed by atoms with Gasteiger partial charge < -0.3 is 10.2 Å². The molecule has 20 heavy (non-hydrogen) atoms. The molecule has 2 saturated heterocycles. The first kappa shape index (κ1) is 13.1. The van der Waals surface area contributed by atoms with Crippen molar-refractivity contribution in [1.82, 2.24) is 20.4 Å². The highest BCUT2D eigenvalue weighted by Crippen LogP contribution is 2.28. The van der Waals surface area contributed by atoms with E-state index in [0.717, 1.165) is 36.3 Å². The first-order valence-electron chi connectivity index (χ1n) is 7.15. The van der Waals surface area contributed by atoms with Crippen LogP contribution >= 0.6 is 0 Å².